The molecule has 1 aromatic rings. The van der Waals surface area contributed by atoms with Crippen LogP contribution in [0.1, 0.15) is 25.7 Å². The van der Waals surface area contributed by atoms with Gasteiger partial charge in [0.2, 0.25) is 0 Å². The van der Waals surface area contributed by atoms with E-state index in [1.165, 1.54) is 25.3 Å². The second kappa shape index (κ2) is 6.01. The molecule has 1 aliphatic rings. The Morgan fingerprint density at radius 3 is 3.06 bits per heavy atom. The van der Waals surface area contributed by atoms with Gasteiger partial charge in [0, 0.05) is 18.3 Å². The van der Waals surface area contributed by atoms with Gasteiger partial charge in [-0.1, -0.05) is 6.07 Å². The lowest BCUT2D eigenvalue weighted by Crippen LogP contribution is -2.41. The van der Waals surface area contributed by atoms with Crippen molar-refractivity contribution in [1.29, 1.82) is 0 Å². The number of benzene rings is 1. The summed E-state index contributed by atoms with van der Waals surface area (Å²) >= 11 is 0. The SMILES string of the molecule is CNCCC1CCCCN1c1cccc(F)c1. The molecule has 2 nitrogen and oxygen atoms in total. The van der Waals surface area contributed by atoms with Crippen LogP contribution in [0, 0.1) is 5.82 Å². The van der Waals surface area contributed by atoms with Crippen LogP contribution < -0.4 is 10.2 Å². The van der Waals surface area contributed by atoms with E-state index < -0.39 is 0 Å². The average molecular weight is 236 g/mol. The zero-order valence-electron chi connectivity index (χ0n) is 10.5. The molecule has 1 fully saturated rings. The molecule has 0 spiro atoms. The maximum absolute atomic E-state index is 13.3. The van der Waals surface area contributed by atoms with E-state index in [4.69, 9.17) is 0 Å². The van der Waals surface area contributed by atoms with Gasteiger partial charge in [-0.15, -0.1) is 0 Å². The molecule has 1 atom stereocenters. The normalized spacial score (nSPS) is 20.6. The molecule has 1 aliphatic heterocycles. The van der Waals surface area contributed by atoms with Gasteiger partial charge < -0.3 is 10.2 Å². The maximum Gasteiger partial charge on any atom is 0.125 e. The molecule has 0 radical (unpaired) electrons. The summed E-state index contributed by atoms with van der Waals surface area (Å²) in [7, 11) is 1.98. The van der Waals surface area contributed by atoms with Crippen molar-refractivity contribution in [3.8, 4) is 0 Å². The minimum Gasteiger partial charge on any atom is -0.368 e. The minimum absolute atomic E-state index is 0.138. The number of nitrogens with zero attached hydrogens (tertiary/aromatic N) is 1. The van der Waals surface area contributed by atoms with Crippen molar-refractivity contribution >= 4 is 5.69 Å². The maximum atomic E-state index is 13.3. The van der Waals surface area contributed by atoms with Gasteiger partial charge in [0.1, 0.15) is 5.82 Å². The van der Waals surface area contributed by atoms with E-state index >= 15 is 0 Å². The summed E-state index contributed by atoms with van der Waals surface area (Å²) < 4.78 is 13.3. The molecule has 0 amide bonds. The Balaban J connectivity index is 2.10. The summed E-state index contributed by atoms with van der Waals surface area (Å²) in [4.78, 5) is 2.37. The van der Waals surface area contributed by atoms with Crippen LogP contribution in [0.25, 0.3) is 0 Å². The van der Waals surface area contributed by atoms with Crippen molar-refractivity contribution in [2.45, 2.75) is 31.7 Å². The lowest BCUT2D eigenvalue weighted by atomic mass is 9.98. The Labute approximate surface area is 103 Å². The van der Waals surface area contributed by atoms with E-state index in [1.807, 2.05) is 13.1 Å². The highest BCUT2D eigenvalue weighted by atomic mass is 19.1. The largest absolute Gasteiger partial charge is 0.368 e. The van der Waals surface area contributed by atoms with E-state index in [9.17, 15) is 4.39 Å². The van der Waals surface area contributed by atoms with E-state index in [-0.39, 0.29) is 5.82 Å². The Kier molecular flexibility index (Phi) is 4.37. The molecule has 3 heteroatoms. The molecule has 1 aromatic carbocycles. The van der Waals surface area contributed by atoms with Crippen molar-refractivity contribution < 1.29 is 4.39 Å². The fraction of sp³-hybridized carbons (Fsp3) is 0.571. The van der Waals surface area contributed by atoms with Crippen molar-refractivity contribution in [1.82, 2.24) is 5.32 Å². The van der Waals surface area contributed by atoms with Crippen LogP contribution in [0.15, 0.2) is 24.3 Å². The van der Waals surface area contributed by atoms with Crippen LogP contribution in [-0.2, 0) is 0 Å². The van der Waals surface area contributed by atoms with Gasteiger partial charge in [-0.05, 0) is 57.5 Å². The van der Waals surface area contributed by atoms with Crippen LogP contribution in [-0.4, -0.2) is 26.2 Å². The summed E-state index contributed by atoms with van der Waals surface area (Å²) in [6, 6.07) is 7.53. The number of halogens is 1. The molecule has 94 valence electrons. The lowest BCUT2D eigenvalue weighted by Gasteiger charge is -2.37. The molecule has 1 unspecified atom stereocenters. The summed E-state index contributed by atoms with van der Waals surface area (Å²) in [5.74, 6) is -0.138. The monoisotopic (exact) mass is 236 g/mol. The third kappa shape index (κ3) is 3.19. The first-order valence-electron chi connectivity index (χ1n) is 6.48. The first kappa shape index (κ1) is 12.4. The first-order valence-corrected chi connectivity index (χ1v) is 6.48. The second-order valence-electron chi connectivity index (χ2n) is 4.72. The topological polar surface area (TPSA) is 15.3 Å². The lowest BCUT2D eigenvalue weighted by molar-refractivity contribution is 0.433. The zero-order chi connectivity index (χ0) is 12.1. The summed E-state index contributed by atoms with van der Waals surface area (Å²) in [6.07, 6.45) is 4.86. The fourth-order valence-corrected chi connectivity index (χ4v) is 2.61. The second-order valence-corrected chi connectivity index (χ2v) is 4.72. The molecule has 1 heterocycles. The molecule has 17 heavy (non-hydrogen) atoms. The van der Waals surface area contributed by atoms with Crippen molar-refractivity contribution in [2.24, 2.45) is 0 Å². The number of rotatable bonds is 4. The number of nitrogens with one attached hydrogen (secondary N) is 1. The van der Waals surface area contributed by atoms with Crippen LogP contribution in [0.2, 0.25) is 0 Å². The summed E-state index contributed by atoms with van der Waals surface area (Å²) in [6.45, 7) is 2.08. The summed E-state index contributed by atoms with van der Waals surface area (Å²) in [5.41, 5.74) is 1.03. The molecular formula is C14H21FN2. The highest BCUT2D eigenvalue weighted by molar-refractivity contribution is 5.47. The number of hydrogen-bond donors (Lipinski definition) is 1. The number of anilines is 1. The Morgan fingerprint density at radius 1 is 1.41 bits per heavy atom. The molecule has 0 saturated carbocycles. The van der Waals surface area contributed by atoms with E-state index in [0.29, 0.717) is 6.04 Å². The average Bonchev–Trinajstić information content (AvgIpc) is 2.37. The molecule has 2 rings (SSSR count). The quantitative estimate of drug-likeness (QED) is 0.864. The van der Waals surface area contributed by atoms with Crippen LogP contribution in [0.4, 0.5) is 10.1 Å². The van der Waals surface area contributed by atoms with Gasteiger partial charge in [0.25, 0.3) is 0 Å². The molecule has 0 bridgehead atoms. The number of piperidine rings is 1. The van der Waals surface area contributed by atoms with E-state index in [0.717, 1.165) is 25.2 Å². The molecular weight excluding hydrogens is 215 g/mol. The smallest absolute Gasteiger partial charge is 0.125 e. The molecule has 1 saturated heterocycles. The van der Waals surface area contributed by atoms with Gasteiger partial charge in [-0.25, -0.2) is 4.39 Å². The van der Waals surface area contributed by atoms with Crippen molar-refractivity contribution in [3.63, 3.8) is 0 Å². The van der Waals surface area contributed by atoms with Crippen LogP contribution in [0.3, 0.4) is 0 Å². The van der Waals surface area contributed by atoms with Gasteiger partial charge in [0.05, 0.1) is 0 Å². The van der Waals surface area contributed by atoms with Crippen molar-refractivity contribution in [2.75, 3.05) is 25.0 Å². The first-order chi connectivity index (χ1) is 8.31. The third-order valence-electron chi connectivity index (χ3n) is 3.49. The van der Waals surface area contributed by atoms with Gasteiger partial charge in [-0.3, -0.25) is 0 Å². The summed E-state index contributed by atoms with van der Waals surface area (Å²) in [5, 5.41) is 3.20. The zero-order valence-corrected chi connectivity index (χ0v) is 10.5. The predicted molar refractivity (Wildman–Crippen MR) is 69.9 cm³/mol. The molecule has 1 N–H and O–H groups in total. The van der Waals surface area contributed by atoms with Gasteiger partial charge >= 0.3 is 0 Å². The number of hydrogen-bond acceptors (Lipinski definition) is 2. The minimum atomic E-state index is -0.138. The van der Waals surface area contributed by atoms with Crippen molar-refractivity contribution in [3.05, 3.63) is 30.1 Å². The standard InChI is InChI=1S/C14H21FN2/c1-16-9-8-13-6-2-3-10-17(13)14-7-4-5-12(15)11-14/h4-5,7,11,13,16H,2-3,6,8-10H2,1H3. The fourth-order valence-electron chi connectivity index (χ4n) is 2.61. The van der Waals surface area contributed by atoms with Gasteiger partial charge in [0.15, 0.2) is 0 Å². The van der Waals surface area contributed by atoms with Crippen LogP contribution in [0.5, 0.6) is 0 Å². The Morgan fingerprint density at radius 2 is 2.29 bits per heavy atom. The van der Waals surface area contributed by atoms with Gasteiger partial charge in [-0.2, -0.15) is 0 Å². The molecule has 0 aliphatic carbocycles. The van der Waals surface area contributed by atoms with E-state index in [2.05, 4.69) is 10.2 Å². The third-order valence-corrected chi connectivity index (χ3v) is 3.49. The Bertz CT molecular complexity index is 354. The highest BCUT2D eigenvalue weighted by Gasteiger charge is 2.22. The highest BCUT2D eigenvalue weighted by Crippen LogP contribution is 2.26. The van der Waals surface area contributed by atoms with E-state index in [1.54, 1.807) is 12.1 Å². The predicted octanol–water partition coefficient (Wildman–Crippen LogP) is 2.79. The van der Waals surface area contributed by atoms with Crippen LogP contribution >= 0.6 is 0 Å². The Hall–Kier alpha value is -1.09. The molecule has 0 aromatic heterocycles.